The molecule has 16 heavy (non-hydrogen) atoms. The Labute approximate surface area is 91.7 Å². The van der Waals surface area contributed by atoms with E-state index in [2.05, 4.69) is 0 Å². The summed E-state index contributed by atoms with van der Waals surface area (Å²) in [5, 5.41) is 27.4. The van der Waals surface area contributed by atoms with Crippen molar-refractivity contribution in [2.45, 2.75) is 12.2 Å². The number of carbonyl (C=O) groups is 1. The maximum atomic E-state index is 10.7. The van der Waals surface area contributed by atoms with Gasteiger partial charge in [0.25, 0.3) is 0 Å². The normalized spacial score (nSPS) is 13.8. The highest BCUT2D eigenvalue weighted by molar-refractivity contribution is 5.79. The number of nitrogen functional groups attached to an aromatic ring is 1. The fraction of sp³-hybridized carbons (Fsp3) is 0.200. The Bertz CT molecular complexity index is 453. The molecular formula is C10H11N3O3. The van der Waals surface area contributed by atoms with Crippen LogP contribution in [0, 0.1) is 11.3 Å². The summed E-state index contributed by atoms with van der Waals surface area (Å²) in [5.41, 5.74) is 11.0. The van der Waals surface area contributed by atoms with Crippen LogP contribution in [0.25, 0.3) is 0 Å². The van der Waals surface area contributed by atoms with Crippen LogP contribution in [-0.4, -0.2) is 22.2 Å². The molecule has 0 aromatic heterocycles. The van der Waals surface area contributed by atoms with Gasteiger partial charge in [-0.25, -0.2) is 0 Å². The molecule has 1 aromatic rings. The molecule has 0 aliphatic carbocycles. The zero-order valence-corrected chi connectivity index (χ0v) is 8.29. The molecular weight excluding hydrogens is 210 g/mol. The molecule has 0 radical (unpaired) electrons. The Balaban J connectivity index is 3.02. The van der Waals surface area contributed by atoms with Gasteiger partial charge in [0.1, 0.15) is 12.2 Å². The molecule has 0 aliphatic rings. The fourth-order valence-corrected chi connectivity index (χ4v) is 1.20. The van der Waals surface area contributed by atoms with Crippen LogP contribution in [-0.2, 0) is 4.79 Å². The third-order valence-electron chi connectivity index (χ3n) is 2.13. The van der Waals surface area contributed by atoms with Crippen molar-refractivity contribution in [2.24, 2.45) is 5.73 Å². The molecule has 2 unspecified atom stereocenters. The zero-order chi connectivity index (χ0) is 12.3. The molecule has 0 aliphatic heterocycles. The highest BCUT2D eigenvalue weighted by Gasteiger charge is 2.23. The number of rotatable bonds is 3. The maximum absolute atomic E-state index is 10.7. The van der Waals surface area contributed by atoms with Crippen LogP contribution in [0.5, 0.6) is 0 Å². The second-order valence-corrected chi connectivity index (χ2v) is 3.25. The van der Waals surface area contributed by atoms with E-state index in [4.69, 9.17) is 16.7 Å². The Kier molecular flexibility index (Phi) is 3.45. The van der Waals surface area contributed by atoms with E-state index in [9.17, 15) is 15.0 Å². The van der Waals surface area contributed by atoms with Gasteiger partial charge in [-0.05, 0) is 17.7 Å². The number of nitrogens with two attached hydrogens (primary N) is 2. The Hall–Kier alpha value is -2.10. The first kappa shape index (κ1) is 12.0. The number of aliphatic hydroxyl groups excluding tert-OH is 2. The van der Waals surface area contributed by atoms with E-state index in [-0.39, 0.29) is 16.8 Å². The number of nitrogens with zero attached hydrogens (tertiary/aromatic N) is 1. The van der Waals surface area contributed by atoms with Gasteiger partial charge < -0.3 is 21.7 Å². The molecule has 0 bridgehead atoms. The number of amides is 1. The average Bonchev–Trinajstić information content (AvgIpc) is 2.26. The van der Waals surface area contributed by atoms with Gasteiger partial charge in [-0.3, -0.25) is 4.79 Å². The summed E-state index contributed by atoms with van der Waals surface area (Å²) >= 11 is 0. The highest BCUT2D eigenvalue weighted by Crippen LogP contribution is 2.21. The van der Waals surface area contributed by atoms with Crippen molar-refractivity contribution in [3.8, 4) is 6.07 Å². The van der Waals surface area contributed by atoms with Crippen LogP contribution >= 0.6 is 0 Å². The van der Waals surface area contributed by atoms with Crippen LogP contribution in [0.1, 0.15) is 17.2 Å². The maximum Gasteiger partial charge on any atom is 0.249 e. The van der Waals surface area contributed by atoms with Crippen molar-refractivity contribution >= 4 is 11.6 Å². The molecule has 0 fully saturated rings. The molecule has 1 amide bonds. The quantitative estimate of drug-likeness (QED) is 0.487. The van der Waals surface area contributed by atoms with E-state index in [1.165, 1.54) is 18.2 Å². The molecule has 84 valence electrons. The monoisotopic (exact) mass is 221 g/mol. The Morgan fingerprint density at radius 2 is 2.06 bits per heavy atom. The van der Waals surface area contributed by atoms with Gasteiger partial charge in [0.15, 0.2) is 6.10 Å². The molecule has 0 heterocycles. The lowest BCUT2D eigenvalue weighted by Gasteiger charge is -2.15. The number of benzene rings is 1. The van der Waals surface area contributed by atoms with Crippen molar-refractivity contribution in [1.29, 1.82) is 5.26 Å². The minimum Gasteiger partial charge on any atom is -0.398 e. The van der Waals surface area contributed by atoms with Gasteiger partial charge in [0, 0.05) is 5.69 Å². The summed E-state index contributed by atoms with van der Waals surface area (Å²) < 4.78 is 0. The summed E-state index contributed by atoms with van der Waals surface area (Å²) in [4.78, 5) is 10.7. The summed E-state index contributed by atoms with van der Waals surface area (Å²) in [6.07, 6.45) is -3.15. The van der Waals surface area contributed by atoms with Crippen LogP contribution in [0.2, 0.25) is 0 Å². The van der Waals surface area contributed by atoms with E-state index >= 15 is 0 Å². The van der Waals surface area contributed by atoms with E-state index in [0.717, 1.165) is 0 Å². The van der Waals surface area contributed by atoms with Gasteiger partial charge in [-0.1, -0.05) is 6.07 Å². The van der Waals surface area contributed by atoms with Crippen molar-refractivity contribution in [2.75, 3.05) is 5.73 Å². The molecule has 0 saturated carbocycles. The standard InChI is InChI=1S/C10H11N3O3/c11-4-6-2-1-5(3-7(6)12)8(14)9(15)10(13)16/h1-3,8-9,14-15H,12H2,(H2,13,16). The number of nitriles is 1. The van der Waals surface area contributed by atoms with Crippen LogP contribution in [0.15, 0.2) is 18.2 Å². The highest BCUT2D eigenvalue weighted by atomic mass is 16.3. The Morgan fingerprint density at radius 1 is 1.44 bits per heavy atom. The van der Waals surface area contributed by atoms with Crippen LogP contribution < -0.4 is 11.5 Å². The zero-order valence-electron chi connectivity index (χ0n) is 8.29. The van der Waals surface area contributed by atoms with E-state index in [1.807, 2.05) is 6.07 Å². The van der Waals surface area contributed by atoms with Gasteiger partial charge in [-0.2, -0.15) is 5.26 Å². The molecule has 6 heteroatoms. The number of anilines is 1. The van der Waals surface area contributed by atoms with Crippen LogP contribution in [0.3, 0.4) is 0 Å². The third kappa shape index (κ3) is 2.28. The predicted molar refractivity (Wildman–Crippen MR) is 55.7 cm³/mol. The minimum atomic E-state index is -1.70. The molecule has 6 N–H and O–H groups in total. The SMILES string of the molecule is N#Cc1ccc(C(O)C(O)C(N)=O)cc1N. The number of aliphatic hydroxyl groups is 2. The summed E-state index contributed by atoms with van der Waals surface area (Å²) in [7, 11) is 0. The third-order valence-corrected chi connectivity index (χ3v) is 2.13. The van der Waals surface area contributed by atoms with E-state index in [0.29, 0.717) is 0 Å². The molecule has 0 spiro atoms. The van der Waals surface area contributed by atoms with Gasteiger partial charge in [0.2, 0.25) is 5.91 Å². The van der Waals surface area contributed by atoms with E-state index in [1.54, 1.807) is 0 Å². The van der Waals surface area contributed by atoms with Gasteiger partial charge in [-0.15, -0.1) is 0 Å². The molecule has 6 nitrogen and oxygen atoms in total. The van der Waals surface area contributed by atoms with Crippen molar-refractivity contribution in [3.63, 3.8) is 0 Å². The number of carbonyl (C=O) groups excluding carboxylic acids is 1. The topological polar surface area (TPSA) is 133 Å². The molecule has 0 saturated heterocycles. The van der Waals surface area contributed by atoms with Crippen molar-refractivity contribution in [3.05, 3.63) is 29.3 Å². The lowest BCUT2D eigenvalue weighted by Crippen LogP contribution is -2.33. The Morgan fingerprint density at radius 3 is 2.50 bits per heavy atom. The lowest BCUT2D eigenvalue weighted by atomic mass is 10.0. The largest absolute Gasteiger partial charge is 0.398 e. The number of hydrogen-bond donors (Lipinski definition) is 4. The van der Waals surface area contributed by atoms with Crippen LogP contribution in [0.4, 0.5) is 5.69 Å². The molecule has 2 atom stereocenters. The fourth-order valence-electron chi connectivity index (χ4n) is 1.20. The first-order valence-electron chi connectivity index (χ1n) is 4.42. The first-order valence-corrected chi connectivity index (χ1v) is 4.42. The van der Waals surface area contributed by atoms with Gasteiger partial charge in [0.05, 0.1) is 5.56 Å². The van der Waals surface area contributed by atoms with Crippen molar-refractivity contribution < 1.29 is 15.0 Å². The summed E-state index contributed by atoms with van der Waals surface area (Å²) in [6.45, 7) is 0. The second-order valence-electron chi connectivity index (χ2n) is 3.25. The predicted octanol–water partition coefficient (Wildman–Crippen LogP) is -0.980. The number of primary amides is 1. The summed E-state index contributed by atoms with van der Waals surface area (Å²) in [6, 6.07) is 5.95. The second kappa shape index (κ2) is 4.61. The lowest BCUT2D eigenvalue weighted by molar-refractivity contribution is -0.131. The van der Waals surface area contributed by atoms with Gasteiger partial charge >= 0.3 is 0 Å². The van der Waals surface area contributed by atoms with E-state index < -0.39 is 18.1 Å². The summed E-state index contributed by atoms with van der Waals surface area (Å²) in [5.74, 6) is -1.03. The average molecular weight is 221 g/mol. The molecule has 1 aromatic carbocycles. The first-order chi connectivity index (χ1) is 7.47. The smallest absolute Gasteiger partial charge is 0.249 e. The van der Waals surface area contributed by atoms with Crippen molar-refractivity contribution in [1.82, 2.24) is 0 Å². The molecule has 1 rings (SSSR count). The minimum absolute atomic E-state index is 0.163. The number of hydrogen-bond acceptors (Lipinski definition) is 5.